The second kappa shape index (κ2) is 6.73. The molecule has 1 aliphatic carbocycles. The zero-order valence-corrected chi connectivity index (χ0v) is 13.2. The highest BCUT2D eigenvalue weighted by Crippen LogP contribution is 2.42. The maximum Gasteiger partial charge on any atom is 0.419 e. The van der Waals surface area contributed by atoms with E-state index in [1.807, 2.05) is 0 Å². The van der Waals surface area contributed by atoms with Crippen LogP contribution in [0, 0.1) is 23.4 Å². The molecule has 0 N–H and O–H groups in total. The Balaban J connectivity index is 1.71. The highest BCUT2D eigenvalue weighted by atomic mass is 19.4. The van der Waals surface area contributed by atoms with Gasteiger partial charge in [-0.1, -0.05) is 12.1 Å². The van der Waals surface area contributed by atoms with Crippen LogP contribution in [0.15, 0.2) is 36.4 Å². The SMILES string of the molecule is Fc1ccc(CC2CCC(c3ccc(F)c(C(F)(F)F)c3)C2)cc1F. The molecule has 1 saturated carbocycles. The minimum atomic E-state index is -4.72. The van der Waals surface area contributed by atoms with Crippen LogP contribution in [0.1, 0.15) is 41.9 Å². The monoisotopic (exact) mass is 358 g/mol. The Kier molecular flexibility index (Phi) is 4.80. The summed E-state index contributed by atoms with van der Waals surface area (Å²) in [6.45, 7) is 0. The molecule has 3 rings (SSSR count). The van der Waals surface area contributed by atoms with Crippen molar-refractivity contribution in [3.05, 3.63) is 70.5 Å². The molecule has 2 aromatic rings. The van der Waals surface area contributed by atoms with Gasteiger partial charge in [0.05, 0.1) is 5.56 Å². The molecule has 1 aliphatic rings. The lowest BCUT2D eigenvalue weighted by Gasteiger charge is -2.15. The molecule has 2 unspecified atom stereocenters. The van der Waals surface area contributed by atoms with E-state index >= 15 is 0 Å². The fraction of sp³-hybridized carbons (Fsp3) is 0.368. The first-order valence-corrected chi connectivity index (χ1v) is 8.04. The summed E-state index contributed by atoms with van der Waals surface area (Å²) in [4.78, 5) is 0. The molecule has 0 bridgehead atoms. The molecule has 0 spiro atoms. The van der Waals surface area contributed by atoms with E-state index in [9.17, 15) is 26.3 Å². The maximum absolute atomic E-state index is 13.4. The van der Waals surface area contributed by atoms with Crippen molar-refractivity contribution in [3.63, 3.8) is 0 Å². The van der Waals surface area contributed by atoms with E-state index in [0.29, 0.717) is 30.4 Å². The second-order valence-corrected chi connectivity index (χ2v) is 6.57. The third-order valence-corrected chi connectivity index (χ3v) is 4.82. The second-order valence-electron chi connectivity index (χ2n) is 6.57. The molecule has 1 fully saturated rings. The lowest BCUT2D eigenvalue weighted by molar-refractivity contribution is -0.140. The van der Waals surface area contributed by atoms with Gasteiger partial charge in [0.2, 0.25) is 0 Å². The third-order valence-electron chi connectivity index (χ3n) is 4.82. The Labute approximate surface area is 141 Å². The van der Waals surface area contributed by atoms with Crippen molar-refractivity contribution in [1.82, 2.24) is 0 Å². The topological polar surface area (TPSA) is 0 Å². The van der Waals surface area contributed by atoms with Crippen molar-refractivity contribution in [1.29, 1.82) is 0 Å². The van der Waals surface area contributed by atoms with E-state index in [1.165, 1.54) is 12.1 Å². The maximum atomic E-state index is 13.4. The first kappa shape index (κ1) is 17.8. The van der Waals surface area contributed by atoms with E-state index in [2.05, 4.69) is 0 Å². The molecule has 6 heteroatoms. The Morgan fingerprint density at radius 3 is 2.24 bits per heavy atom. The molecule has 0 heterocycles. The Hall–Kier alpha value is -1.98. The zero-order chi connectivity index (χ0) is 18.2. The number of alkyl halides is 3. The van der Waals surface area contributed by atoms with Crippen molar-refractivity contribution in [2.24, 2.45) is 5.92 Å². The predicted molar refractivity (Wildman–Crippen MR) is 81.5 cm³/mol. The molecule has 134 valence electrons. The van der Waals surface area contributed by atoms with Crippen molar-refractivity contribution in [3.8, 4) is 0 Å². The highest BCUT2D eigenvalue weighted by molar-refractivity contribution is 5.30. The summed E-state index contributed by atoms with van der Waals surface area (Å²) in [5, 5.41) is 0. The average molecular weight is 358 g/mol. The summed E-state index contributed by atoms with van der Waals surface area (Å²) in [7, 11) is 0. The molecule has 0 aliphatic heterocycles. The molecule has 25 heavy (non-hydrogen) atoms. The van der Waals surface area contributed by atoms with Gasteiger partial charge < -0.3 is 0 Å². The van der Waals surface area contributed by atoms with Gasteiger partial charge in [-0.15, -0.1) is 0 Å². The van der Waals surface area contributed by atoms with Crippen LogP contribution in [0.25, 0.3) is 0 Å². The van der Waals surface area contributed by atoms with E-state index in [-0.39, 0.29) is 11.8 Å². The van der Waals surface area contributed by atoms with Crippen LogP contribution in [0.3, 0.4) is 0 Å². The Bertz CT molecular complexity index is 765. The Morgan fingerprint density at radius 1 is 0.840 bits per heavy atom. The van der Waals surface area contributed by atoms with Crippen LogP contribution in [-0.4, -0.2) is 0 Å². The van der Waals surface area contributed by atoms with E-state index in [0.717, 1.165) is 30.7 Å². The molecule has 2 aromatic carbocycles. The smallest absolute Gasteiger partial charge is 0.206 e. The van der Waals surface area contributed by atoms with Crippen molar-refractivity contribution in [2.75, 3.05) is 0 Å². The lowest BCUT2D eigenvalue weighted by atomic mass is 9.92. The van der Waals surface area contributed by atoms with Gasteiger partial charge in [0, 0.05) is 0 Å². The predicted octanol–water partition coefficient (Wildman–Crippen LogP) is 6.25. The normalized spacial score (nSPS) is 20.9. The molecule has 0 amide bonds. The summed E-state index contributed by atoms with van der Waals surface area (Å²) in [6, 6.07) is 6.90. The molecule has 2 atom stereocenters. The number of benzene rings is 2. The van der Waals surface area contributed by atoms with Gasteiger partial charge in [-0.2, -0.15) is 13.2 Å². The minimum Gasteiger partial charge on any atom is -0.206 e. The van der Waals surface area contributed by atoms with Gasteiger partial charge in [0.1, 0.15) is 5.82 Å². The largest absolute Gasteiger partial charge is 0.419 e. The zero-order valence-electron chi connectivity index (χ0n) is 13.2. The van der Waals surface area contributed by atoms with Gasteiger partial charge in [-0.3, -0.25) is 0 Å². The van der Waals surface area contributed by atoms with E-state index in [1.54, 1.807) is 0 Å². The van der Waals surface area contributed by atoms with Gasteiger partial charge in [-0.05, 0) is 72.9 Å². The first-order valence-electron chi connectivity index (χ1n) is 8.04. The lowest BCUT2D eigenvalue weighted by Crippen LogP contribution is -2.09. The quantitative estimate of drug-likeness (QED) is 0.569. The van der Waals surface area contributed by atoms with E-state index in [4.69, 9.17) is 0 Å². The number of halogens is 6. The van der Waals surface area contributed by atoms with Crippen molar-refractivity contribution in [2.45, 2.75) is 37.8 Å². The fourth-order valence-corrected chi connectivity index (χ4v) is 3.58. The average Bonchev–Trinajstić information content (AvgIpc) is 2.99. The molecular weight excluding hydrogens is 342 g/mol. The van der Waals surface area contributed by atoms with Crippen LogP contribution in [0.4, 0.5) is 26.3 Å². The molecule has 0 radical (unpaired) electrons. The van der Waals surface area contributed by atoms with Gasteiger partial charge >= 0.3 is 6.18 Å². The molecule has 0 aromatic heterocycles. The van der Waals surface area contributed by atoms with Gasteiger partial charge in [-0.25, -0.2) is 13.2 Å². The van der Waals surface area contributed by atoms with Crippen molar-refractivity contribution < 1.29 is 26.3 Å². The summed E-state index contributed by atoms with van der Waals surface area (Å²) in [6.07, 6.45) is -2.06. The van der Waals surface area contributed by atoms with E-state index < -0.39 is 29.2 Å². The summed E-state index contributed by atoms with van der Waals surface area (Å²) >= 11 is 0. The van der Waals surface area contributed by atoms with Gasteiger partial charge in [0.25, 0.3) is 0 Å². The van der Waals surface area contributed by atoms with Gasteiger partial charge in [0.15, 0.2) is 11.6 Å². The standard InChI is InChI=1S/C19H16F6/c20-16-6-4-14(10-15(16)19(23,24)25)13-3-1-11(8-13)7-12-2-5-17(21)18(22)9-12/h2,4-6,9-11,13H,1,3,7-8H2. The highest BCUT2D eigenvalue weighted by Gasteiger charge is 2.35. The van der Waals surface area contributed by atoms with Crippen LogP contribution in [-0.2, 0) is 12.6 Å². The Morgan fingerprint density at radius 2 is 1.56 bits per heavy atom. The molecular formula is C19H16F6. The number of rotatable bonds is 3. The van der Waals surface area contributed by atoms with Crippen LogP contribution < -0.4 is 0 Å². The third kappa shape index (κ3) is 3.99. The van der Waals surface area contributed by atoms with Crippen LogP contribution in [0.2, 0.25) is 0 Å². The van der Waals surface area contributed by atoms with Crippen molar-refractivity contribution >= 4 is 0 Å². The fourth-order valence-electron chi connectivity index (χ4n) is 3.58. The number of hydrogen-bond donors (Lipinski definition) is 0. The summed E-state index contributed by atoms with van der Waals surface area (Å²) in [5.41, 5.74) is -0.102. The summed E-state index contributed by atoms with van der Waals surface area (Å²) in [5.74, 6) is -2.99. The first-order chi connectivity index (χ1) is 11.7. The van der Waals surface area contributed by atoms with Crippen LogP contribution in [0.5, 0.6) is 0 Å². The minimum absolute atomic E-state index is 0.0861. The van der Waals surface area contributed by atoms with Crippen LogP contribution >= 0.6 is 0 Å². The summed E-state index contributed by atoms with van der Waals surface area (Å²) < 4.78 is 78.2. The molecule has 0 saturated heterocycles. The number of hydrogen-bond acceptors (Lipinski definition) is 0. The molecule has 0 nitrogen and oxygen atoms in total.